The van der Waals surface area contributed by atoms with Crippen molar-refractivity contribution in [2.45, 2.75) is 12.3 Å². The van der Waals surface area contributed by atoms with E-state index in [2.05, 4.69) is 17.1 Å². The molecule has 1 aromatic carbocycles. The molecule has 3 heteroatoms. The number of benzene rings is 1. The van der Waals surface area contributed by atoms with Gasteiger partial charge in [0.25, 0.3) is 0 Å². The lowest BCUT2D eigenvalue weighted by molar-refractivity contribution is 0.855. The number of rotatable bonds is 4. The van der Waals surface area contributed by atoms with Gasteiger partial charge in [0.15, 0.2) is 0 Å². The molecule has 86 valence electrons. The molecule has 2 aromatic rings. The van der Waals surface area contributed by atoms with E-state index < -0.39 is 0 Å². The minimum absolute atomic E-state index is 0.219. The Labute approximate surface area is 107 Å². The quantitative estimate of drug-likeness (QED) is 0.838. The molecule has 1 heterocycles. The second kappa shape index (κ2) is 5.55. The predicted molar refractivity (Wildman–Crippen MR) is 73.9 cm³/mol. The highest BCUT2D eigenvalue weighted by Gasteiger charge is 2.14. The maximum absolute atomic E-state index is 5.68. The molecule has 17 heavy (non-hydrogen) atoms. The van der Waals surface area contributed by atoms with E-state index in [4.69, 9.17) is 18.0 Å². The number of nitrogens with zero attached hydrogens (tertiary/aromatic N) is 1. The lowest BCUT2D eigenvalue weighted by Crippen LogP contribution is -2.14. The Hall–Kier alpha value is -1.74. The number of pyridine rings is 1. The summed E-state index contributed by atoms with van der Waals surface area (Å²) < 4.78 is 0. The fourth-order valence-electron chi connectivity index (χ4n) is 1.91. The molecular weight excluding hydrogens is 228 g/mol. The lowest BCUT2D eigenvalue weighted by Gasteiger charge is -2.17. The number of hydrogen-bond donors (Lipinski definition) is 1. The predicted octanol–water partition coefficient (Wildman–Crippen LogP) is 2.89. The maximum atomic E-state index is 5.68. The minimum Gasteiger partial charge on any atom is -0.393 e. The van der Waals surface area contributed by atoms with Crippen LogP contribution in [0, 0.1) is 0 Å². The minimum atomic E-state index is 0.219. The third-order valence-corrected chi connectivity index (χ3v) is 2.88. The number of nitrogens with two attached hydrogens (primary N) is 1. The van der Waals surface area contributed by atoms with Crippen molar-refractivity contribution >= 4 is 17.2 Å². The molecule has 0 amide bonds. The van der Waals surface area contributed by atoms with Crippen LogP contribution in [0.4, 0.5) is 0 Å². The number of aromatic nitrogens is 1. The van der Waals surface area contributed by atoms with Crippen molar-refractivity contribution in [1.82, 2.24) is 4.98 Å². The van der Waals surface area contributed by atoms with Crippen molar-refractivity contribution in [3.05, 3.63) is 66.0 Å². The van der Waals surface area contributed by atoms with Gasteiger partial charge in [-0.1, -0.05) is 42.5 Å². The van der Waals surface area contributed by atoms with Crippen LogP contribution >= 0.6 is 12.2 Å². The topological polar surface area (TPSA) is 38.9 Å². The normalized spacial score (nSPS) is 12.0. The van der Waals surface area contributed by atoms with E-state index in [9.17, 15) is 0 Å². The molecule has 1 atom stereocenters. The number of thiocarbonyl (C=S) groups is 1. The average molecular weight is 242 g/mol. The smallest absolute Gasteiger partial charge is 0.0736 e. The van der Waals surface area contributed by atoms with Crippen LogP contribution in [0.25, 0.3) is 0 Å². The van der Waals surface area contributed by atoms with Crippen LogP contribution in [0.5, 0.6) is 0 Å². The fraction of sp³-hybridized carbons (Fsp3) is 0.143. The molecule has 0 bridgehead atoms. The second-order valence-electron chi connectivity index (χ2n) is 3.91. The zero-order valence-corrected chi connectivity index (χ0v) is 10.2. The maximum Gasteiger partial charge on any atom is 0.0736 e. The van der Waals surface area contributed by atoms with E-state index in [1.165, 1.54) is 11.1 Å². The summed E-state index contributed by atoms with van der Waals surface area (Å²) in [6.07, 6.45) is 4.28. The molecule has 0 spiro atoms. The summed E-state index contributed by atoms with van der Waals surface area (Å²) in [5.74, 6) is 0.219. The highest BCUT2D eigenvalue weighted by Crippen LogP contribution is 2.27. The first kappa shape index (κ1) is 11.7. The average Bonchev–Trinajstić information content (AvgIpc) is 2.38. The first-order chi connectivity index (χ1) is 8.27. The van der Waals surface area contributed by atoms with Crippen molar-refractivity contribution in [2.75, 3.05) is 0 Å². The molecule has 0 aliphatic rings. The van der Waals surface area contributed by atoms with Gasteiger partial charge >= 0.3 is 0 Å². The van der Waals surface area contributed by atoms with Crippen molar-refractivity contribution in [2.24, 2.45) is 5.73 Å². The highest BCUT2D eigenvalue weighted by atomic mass is 32.1. The molecule has 1 aromatic heterocycles. The summed E-state index contributed by atoms with van der Waals surface area (Å²) in [4.78, 5) is 4.57. The SMILES string of the molecule is NC(=S)CC(c1ccccc1)c1ccncc1. The summed E-state index contributed by atoms with van der Waals surface area (Å²) in [6.45, 7) is 0. The third kappa shape index (κ3) is 3.11. The molecule has 0 radical (unpaired) electrons. The van der Waals surface area contributed by atoms with Crippen LogP contribution in [0.2, 0.25) is 0 Å². The lowest BCUT2D eigenvalue weighted by atomic mass is 9.89. The van der Waals surface area contributed by atoms with E-state index in [0.29, 0.717) is 11.4 Å². The van der Waals surface area contributed by atoms with Crippen LogP contribution < -0.4 is 5.73 Å². The van der Waals surface area contributed by atoms with E-state index in [-0.39, 0.29) is 5.92 Å². The second-order valence-corrected chi connectivity index (χ2v) is 4.44. The highest BCUT2D eigenvalue weighted by molar-refractivity contribution is 7.80. The molecule has 0 aliphatic carbocycles. The Bertz CT molecular complexity index is 443. The molecule has 1 unspecified atom stereocenters. The van der Waals surface area contributed by atoms with Crippen LogP contribution in [0.15, 0.2) is 54.9 Å². The first-order valence-electron chi connectivity index (χ1n) is 5.50. The van der Waals surface area contributed by atoms with Gasteiger partial charge in [-0.15, -0.1) is 0 Å². The Morgan fingerprint density at radius 1 is 1.06 bits per heavy atom. The summed E-state index contributed by atoms with van der Waals surface area (Å²) in [5, 5.41) is 0. The van der Waals surface area contributed by atoms with Gasteiger partial charge in [0.1, 0.15) is 0 Å². The van der Waals surface area contributed by atoms with Gasteiger partial charge in [0.05, 0.1) is 4.99 Å². The molecule has 0 saturated carbocycles. The molecule has 0 fully saturated rings. The van der Waals surface area contributed by atoms with E-state index >= 15 is 0 Å². The van der Waals surface area contributed by atoms with E-state index in [1.54, 1.807) is 12.4 Å². The zero-order chi connectivity index (χ0) is 12.1. The van der Waals surface area contributed by atoms with Gasteiger partial charge in [0.2, 0.25) is 0 Å². The summed E-state index contributed by atoms with van der Waals surface area (Å²) >= 11 is 5.03. The molecule has 0 saturated heterocycles. The van der Waals surface area contributed by atoms with Crippen molar-refractivity contribution < 1.29 is 0 Å². The Balaban J connectivity index is 2.36. The number of hydrogen-bond acceptors (Lipinski definition) is 2. The van der Waals surface area contributed by atoms with Crippen LogP contribution in [0.1, 0.15) is 23.5 Å². The first-order valence-corrected chi connectivity index (χ1v) is 5.91. The van der Waals surface area contributed by atoms with Crippen molar-refractivity contribution in [3.63, 3.8) is 0 Å². The van der Waals surface area contributed by atoms with Gasteiger partial charge in [-0.25, -0.2) is 0 Å². The van der Waals surface area contributed by atoms with Crippen molar-refractivity contribution in [1.29, 1.82) is 0 Å². The van der Waals surface area contributed by atoms with Gasteiger partial charge in [-0.05, 0) is 23.3 Å². The van der Waals surface area contributed by atoms with Crippen LogP contribution in [0.3, 0.4) is 0 Å². The Kier molecular flexibility index (Phi) is 3.83. The van der Waals surface area contributed by atoms with Gasteiger partial charge < -0.3 is 5.73 Å². The summed E-state index contributed by atoms with van der Waals surface area (Å²) in [7, 11) is 0. The largest absolute Gasteiger partial charge is 0.393 e. The molecule has 2 N–H and O–H groups in total. The summed E-state index contributed by atoms with van der Waals surface area (Å²) in [6, 6.07) is 14.3. The third-order valence-electron chi connectivity index (χ3n) is 2.72. The van der Waals surface area contributed by atoms with Crippen LogP contribution in [-0.4, -0.2) is 9.97 Å². The van der Waals surface area contributed by atoms with Gasteiger partial charge in [-0.3, -0.25) is 4.98 Å². The molecule has 2 rings (SSSR count). The monoisotopic (exact) mass is 242 g/mol. The fourth-order valence-corrected chi connectivity index (χ4v) is 2.08. The van der Waals surface area contributed by atoms with Crippen LogP contribution in [-0.2, 0) is 0 Å². The molecule has 2 nitrogen and oxygen atoms in total. The molecule has 0 aliphatic heterocycles. The Morgan fingerprint density at radius 3 is 2.24 bits per heavy atom. The van der Waals surface area contributed by atoms with Gasteiger partial charge in [-0.2, -0.15) is 0 Å². The Morgan fingerprint density at radius 2 is 1.65 bits per heavy atom. The van der Waals surface area contributed by atoms with E-state index in [0.717, 1.165) is 0 Å². The molecular formula is C14H14N2S. The van der Waals surface area contributed by atoms with Crippen molar-refractivity contribution in [3.8, 4) is 0 Å². The summed E-state index contributed by atoms with van der Waals surface area (Å²) in [5.41, 5.74) is 8.11. The van der Waals surface area contributed by atoms with Gasteiger partial charge in [0, 0.05) is 24.7 Å². The standard InChI is InChI=1S/C14H14N2S/c15-14(17)10-13(11-4-2-1-3-5-11)12-6-8-16-9-7-12/h1-9,13H,10H2,(H2,15,17). The zero-order valence-electron chi connectivity index (χ0n) is 9.41. The van der Waals surface area contributed by atoms with E-state index in [1.807, 2.05) is 30.3 Å².